The summed E-state index contributed by atoms with van der Waals surface area (Å²) in [6, 6.07) is 9.52. The normalized spacial score (nSPS) is 31.3. The van der Waals surface area contributed by atoms with E-state index in [1.807, 2.05) is 62.2 Å². The first-order valence-corrected chi connectivity index (χ1v) is 28.6. The number of H-pyrrole nitrogens is 1. The minimum Gasteiger partial charge on any atom is -0.496 e. The van der Waals surface area contributed by atoms with Gasteiger partial charge in [-0.3, -0.25) is 29.0 Å². The number of nitrogens with one attached hydrogen (secondary N) is 3. The summed E-state index contributed by atoms with van der Waals surface area (Å²) in [5.74, 6) is -2.90. The number of benzene rings is 2. The first kappa shape index (κ1) is 59.0. The summed E-state index contributed by atoms with van der Waals surface area (Å²) in [5.41, 5.74) is -2.51. The van der Waals surface area contributed by atoms with Gasteiger partial charge in [-0.15, -0.1) is 0 Å². The summed E-state index contributed by atoms with van der Waals surface area (Å²) in [6.07, 6.45) is 3.56. The number of hydrogen-bond acceptors (Lipinski definition) is 18. The molecule has 2 bridgehead atoms. The van der Waals surface area contributed by atoms with Crippen molar-refractivity contribution in [2.24, 2.45) is 11.3 Å². The molecular weight excluding hydrogens is 1030 g/mol. The number of aromatic nitrogens is 1. The Hall–Kier alpha value is -5.65. The quantitative estimate of drug-likeness (QED) is 0.0236. The third-order valence-electron chi connectivity index (χ3n) is 18.8. The molecule has 3 aromatic rings. The molecule has 6 aliphatic rings. The number of amides is 2. The Morgan fingerprint density at radius 3 is 2.44 bits per heavy atom. The largest absolute Gasteiger partial charge is 0.496 e. The highest BCUT2D eigenvalue weighted by Gasteiger charge is 2.78. The number of hydrogen-bond donors (Lipinski definition) is 8. The minimum atomic E-state index is -2.42. The molecule has 6 heterocycles. The van der Waals surface area contributed by atoms with E-state index >= 15 is 9.59 Å². The van der Waals surface area contributed by atoms with E-state index < -0.39 is 94.5 Å². The number of carbonyl (C=O) groups excluding carboxylic acids is 5. The van der Waals surface area contributed by atoms with Crippen LogP contribution in [0, 0.1) is 11.3 Å². The van der Waals surface area contributed by atoms with Gasteiger partial charge in [0, 0.05) is 96.9 Å². The van der Waals surface area contributed by atoms with Gasteiger partial charge in [-0.1, -0.05) is 51.1 Å². The average molecular weight is 1120 g/mol. The highest BCUT2D eigenvalue weighted by molar-refractivity contribution is 5.95. The van der Waals surface area contributed by atoms with Crippen LogP contribution in [0.2, 0.25) is 0 Å². The number of para-hydroxylation sites is 1. The molecule has 2 aromatic carbocycles. The van der Waals surface area contributed by atoms with Crippen LogP contribution in [0.25, 0.3) is 10.9 Å². The number of esters is 3. The lowest BCUT2D eigenvalue weighted by Gasteiger charge is -2.63. The maximum atomic E-state index is 15.4. The van der Waals surface area contributed by atoms with Crippen LogP contribution in [0.5, 0.6) is 5.75 Å². The van der Waals surface area contributed by atoms with Gasteiger partial charge in [0.25, 0.3) is 5.91 Å². The number of fused-ring (bicyclic) bond motifs is 6. The minimum absolute atomic E-state index is 0.0408. The first-order chi connectivity index (χ1) is 38.3. The highest BCUT2D eigenvalue weighted by Crippen LogP contribution is 2.67. The van der Waals surface area contributed by atoms with Crippen molar-refractivity contribution in [3.05, 3.63) is 70.9 Å². The van der Waals surface area contributed by atoms with E-state index in [1.54, 1.807) is 14.0 Å². The third-order valence-corrected chi connectivity index (χ3v) is 18.8. The van der Waals surface area contributed by atoms with Crippen molar-refractivity contribution in [1.82, 2.24) is 25.4 Å². The van der Waals surface area contributed by atoms with Crippen LogP contribution in [0.4, 0.5) is 5.69 Å². The molecule has 438 valence electrons. The second kappa shape index (κ2) is 23.3. The fourth-order valence-electron chi connectivity index (χ4n) is 15.1. The molecule has 1 saturated carbocycles. The van der Waals surface area contributed by atoms with Gasteiger partial charge >= 0.3 is 17.9 Å². The lowest BCUT2D eigenvalue weighted by Crippen LogP contribution is -2.81. The van der Waals surface area contributed by atoms with Crippen LogP contribution >= 0.6 is 0 Å². The van der Waals surface area contributed by atoms with Gasteiger partial charge in [0.05, 0.1) is 39.6 Å². The monoisotopic (exact) mass is 1110 g/mol. The van der Waals surface area contributed by atoms with E-state index in [4.69, 9.17) is 23.7 Å². The lowest BCUT2D eigenvalue weighted by atomic mass is 9.47. The van der Waals surface area contributed by atoms with Gasteiger partial charge in [0.1, 0.15) is 35.6 Å². The Balaban J connectivity index is 0.964. The zero-order valence-electron chi connectivity index (χ0n) is 47.3. The molecule has 9 rings (SSSR count). The maximum Gasteiger partial charge on any atom is 0.328 e. The SMILES string of the molecule is CCC(CO)OC(O)COC(=O)CCCC(=O)NC(C)C(=O)OCCCNC(=O)[C@]1(O)C2N(C)c3cc(OC)c([C@@]4(C(=O)OC)C[C@@H]5C[N@](CCc6c4[nH]c4ccccc64)C(O)(CC)C5)cc3[C@@]23CCN2CC=C[C@](CC)(C23)[C@H]1O. The van der Waals surface area contributed by atoms with Crippen LogP contribution < -0.4 is 20.3 Å². The molecule has 6 unspecified atom stereocenters. The Kier molecular flexibility index (Phi) is 17.2. The summed E-state index contributed by atoms with van der Waals surface area (Å²) in [6.45, 7) is 8.61. The summed E-state index contributed by atoms with van der Waals surface area (Å²) in [4.78, 5) is 78.5. The van der Waals surface area contributed by atoms with Crippen LogP contribution in [-0.2, 0) is 60.2 Å². The van der Waals surface area contributed by atoms with Crippen LogP contribution in [0.15, 0.2) is 48.6 Å². The van der Waals surface area contributed by atoms with E-state index in [1.165, 1.54) is 14.0 Å². The Morgan fingerprint density at radius 1 is 0.950 bits per heavy atom. The molecule has 0 radical (unpaired) electrons. The van der Waals surface area contributed by atoms with Crippen molar-refractivity contribution < 1.29 is 73.2 Å². The van der Waals surface area contributed by atoms with Crippen LogP contribution in [-0.4, -0.2) is 192 Å². The second-order valence-electron chi connectivity index (χ2n) is 23.0. The fraction of sp³-hybridized carbons (Fsp3) is 0.644. The molecule has 3 fully saturated rings. The second-order valence-corrected chi connectivity index (χ2v) is 23.0. The van der Waals surface area contributed by atoms with E-state index in [-0.39, 0.29) is 63.8 Å². The van der Waals surface area contributed by atoms with Gasteiger partial charge in [0.15, 0.2) is 11.9 Å². The van der Waals surface area contributed by atoms with Crippen molar-refractivity contribution in [1.29, 1.82) is 0 Å². The summed E-state index contributed by atoms with van der Waals surface area (Å²) >= 11 is 0. The molecule has 80 heavy (non-hydrogen) atoms. The van der Waals surface area contributed by atoms with Crippen molar-refractivity contribution in [3.8, 4) is 5.75 Å². The van der Waals surface area contributed by atoms with Crippen LogP contribution in [0.3, 0.4) is 0 Å². The van der Waals surface area contributed by atoms with Crippen molar-refractivity contribution in [2.45, 2.75) is 157 Å². The average Bonchev–Trinajstić information content (AvgIpc) is 2.69. The first-order valence-electron chi connectivity index (χ1n) is 28.6. The Morgan fingerprint density at radius 2 is 1.73 bits per heavy atom. The van der Waals surface area contributed by atoms with E-state index in [0.717, 1.165) is 22.0 Å². The number of likely N-dealkylation sites (N-methyl/N-ethyl adjacent to an activating group) is 1. The molecular formula is C59H82N6O15. The zero-order chi connectivity index (χ0) is 57.5. The Labute approximate surface area is 467 Å². The molecule has 8 N–H and O–H groups in total. The number of rotatable bonds is 22. The van der Waals surface area contributed by atoms with Gasteiger partial charge in [0.2, 0.25) is 5.91 Å². The van der Waals surface area contributed by atoms with Gasteiger partial charge in [-0.25, -0.2) is 4.79 Å². The molecule has 2 saturated heterocycles. The molecule has 2 amide bonds. The smallest absolute Gasteiger partial charge is 0.328 e. The predicted octanol–water partition coefficient (Wildman–Crippen LogP) is 2.58. The van der Waals surface area contributed by atoms with Crippen molar-refractivity contribution >= 4 is 46.3 Å². The number of anilines is 1. The standard InChI is InChI=1S/C59H82N6O15/c1-8-37(33-66)80-47(69)34-79-46(68)19-13-18-45(67)61-35(4)49(70)78-27-15-23-60-53(72)59(75)51-57(22-26-64-24-14-21-55(9-2,50(57)64)52(59)71)40-28-41(44(76-6)29-43(40)63(51)5)58(54(73)77-7)31-36-30-56(74,10-3)65(32-36)25-20-39-38-16-11-12-17-42(38)62-48(39)58/h11-12,14,16-17,21,28-29,35-37,47,50-52,62,66,69,71,74-75H,8-10,13,15,18-20,22-27,30-34H2,1-7H3,(H,60,72)(H,61,67)/t35?,36-,37?,47?,50?,51?,52-,55-,56?,57-,58+,59+/m1/s1. The Bertz CT molecular complexity index is 2840. The van der Waals surface area contributed by atoms with Gasteiger partial charge < -0.3 is 69.7 Å². The van der Waals surface area contributed by atoms with E-state index in [9.17, 15) is 39.9 Å². The number of aliphatic hydroxyl groups excluding tert-OH is 3. The highest BCUT2D eigenvalue weighted by atomic mass is 16.6. The maximum absolute atomic E-state index is 15.4. The summed E-state index contributed by atoms with van der Waals surface area (Å²) in [5, 5.41) is 64.2. The van der Waals surface area contributed by atoms with E-state index in [0.29, 0.717) is 87.4 Å². The number of aromatic amines is 1. The summed E-state index contributed by atoms with van der Waals surface area (Å²) in [7, 11) is 4.80. The molecule has 1 aromatic heterocycles. The number of methoxy groups -OCH3 is 2. The molecule has 1 spiro atoms. The number of ether oxygens (including phenoxy) is 5. The van der Waals surface area contributed by atoms with Gasteiger partial charge in [-0.2, -0.15) is 0 Å². The molecule has 21 nitrogen and oxygen atoms in total. The van der Waals surface area contributed by atoms with Crippen molar-refractivity contribution in [3.63, 3.8) is 0 Å². The van der Waals surface area contributed by atoms with Crippen LogP contribution in [0.1, 0.15) is 114 Å². The molecule has 1 aliphatic carbocycles. The number of aliphatic hydroxyl groups is 5. The number of carbonyl (C=O) groups is 5. The fourth-order valence-corrected chi connectivity index (χ4v) is 15.1. The van der Waals surface area contributed by atoms with Crippen molar-refractivity contribution in [2.75, 3.05) is 78.7 Å². The summed E-state index contributed by atoms with van der Waals surface area (Å²) < 4.78 is 28.0. The molecule has 21 heteroatoms. The third kappa shape index (κ3) is 9.75. The zero-order valence-corrected chi connectivity index (χ0v) is 47.3. The molecule has 13 atom stereocenters. The van der Waals surface area contributed by atoms with Gasteiger partial charge in [-0.05, 0) is 100 Å². The molecule has 5 aliphatic heterocycles. The van der Waals surface area contributed by atoms with E-state index in [2.05, 4.69) is 37.6 Å². The number of nitrogens with zero attached hydrogens (tertiary/aromatic N) is 3. The lowest BCUT2D eigenvalue weighted by molar-refractivity contribution is -0.203. The predicted molar refractivity (Wildman–Crippen MR) is 293 cm³/mol. The topological polar surface area (TPSA) is 282 Å².